The number of aromatic nitrogens is 1. The van der Waals surface area contributed by atoms with E-state index in [9.17, 15) is 4.79 Å². The second-order valence-corrected chi connectivity index (χ2v) is 6.57. The van der Waals surface area contributed by atoms with Crippen LogP contribution in [0.2, 0.25) is 0 Å². The third-order valence-corrected chi connectivity index (χ3v) is 4.57. The molecule has 1 N–H and O–H groups in total. The highest BCUT2D eigenvalue weighted by molar-refractivity contribution is 5.38. The van der Waals surface area contributed by atoms with Gasteiger partial charge in [0.1, 0.15) is 24.2 Å². The first-order chi connectivity index (χ1) is 13.3. The van der Waals surface area contributed by atoms with Gasteiger partial charge in [0.25, 0.3) is 5.56 Å². The van der Waals surface area contributed by atoms with Crippen molar-refractivity contribution in [3.63, 3.8) is 0 Å². The number of rotatable bonds is 6. The normalized spacial score (nSPS) is 16.2. The van der Waals surface area contributed by atoms with E-state index in [1.54, 1.807) is 16.8 Å². The molecule has 1 aliphatic rings. The third-order valence-electron chi connectivity index (χ3n) is 4.57. The Morgan fingerprint density at radius 2 is 1.81 bits per heavy atom. The maximum absolute atomic E-state index is 12.5. The van der Waals surface area contributed by atoms with Crippen LogP contribution in [0.3, 0.4) is 0 Å². The van der Waals surface area contributed by atoms with Crippen molar-refractivity contribution >= 4 is 0 Å². The van der Waals surface area contributed by atoms with Crippen molar-refractivity contribution in [3.05, 3.63) is 88.8 Å². The van der Waals surface area contributed by atoms with E-state index in [0.29, 0.717) is 12.4 Å². The Labute approximate surface area is 158 Å². The highest BCUT2D eigenvalue weighted by Crippen LogP contribution is 2.18. The van der Waals surface area contributed by atoms with Crippen molar-refractivity contribution in [3.8, 4) is 17.2 Å². The number of nitrogens with zero attached hydrogens (tertiary/aromatic N) is 1. The molecular formula is C22H22N2O3. The minimum Gasteiger partial charge on any atom is -0.489 e. The molecule has 1 fully saturated rings. The lowest BCUT2D eigenvalue weighted by Crippen LogP contribution is -2.19. The van der Waals surface area contributed by atoms with Gasteiger partial charge in [-0.15, -0.1) is 0 Å². The number of pyridine rings is 1. The van der Waals surface area contributed by atoms with E-state index in [-0.39, 0.29) is 11.7 Å². The van der Waals surface area contributed by atoms with Gasteiger partial charge in [0.2, 0.25) is 0 Å². The van der Waals surface area contributed by atoms with E-state index in [0.717, 1.165) is 36.5 Å². The summed E-state index contributed by atoms with van der Waals surface area (Å²) in [5, 5.41) is 3.28. The van der Waals surface area contributed by atoms with Gasteiger partial charge < -0.3 is 14.8 Å². The number of nitrogens with one attached hydrogen (secondary N) is 1. The fourth-order valence-electron chi connectivity index (χ4n) is 3.11. The summed E-state index contributed by atoms with van der Waals surface area (Å²) in [6.45, 7) is 2.31. The summed E-state index contributed by atoms with van der Waals surface area (Å²) in [6, 6.07) is 20.8. The lowest BCUT2D eigenvalue weighted by Gasteiger charge is -2.13. The van der Waals surface area contributed by atoms with Crippen LogP contribution in [-0.4, -0.2) is 23.8 Å². The second kappa shape index (κ2) is 8.10. The van der Waals surface area contributed by atoms with Crippen LogP contribution in [-0.2, 0) is 6.61 Å². The van der Waals surface area contributed by atoms with Gasteiger partial charge in [-0.1, -0.05) is 30.3 Å². The predicted molar refractivity (Wildman–Crippen MR) is 105 cm³/mol. The zero-order chi connectivity index (χ0) is 18.5. The summed E-state index contributed by atoms with van der Waals surface area (Å²) in [5.74, 6) is 1.39. The molecule has 138 valence electrons. The van der Waals surface area contributed by atoms with Gasteiger partial charge in [0, 0.05) is 24.5 Å². The largest absolute Gasteiger partial charge is 0.489 e. The molecule has 4 rings (SSSR count). The average Bonchev–Trinajstić information content (AvgIpc) is 3.21. The quantitative estimate of drug-likeness (QED) is 0.732. The van der Waals surface area contributed by atoms with Crippen molar-refractivity contribution in [1.29, 1.82) is 0 Å². The number of benzene rings is 2. The standard InChI is InChI=1S/C22H22N2O3/c25-22-14-20(26-16-17-4-2-1-3-5-17)11-13-24(22)18-6-8-19(9-7-18)27-21-10-12-23-15-21/h1-9,11,13-14,21,23H,10,12,15-16H2. The average molecular weight is 362 g/mol. The Balaban J connectivity index is 1.43. The summed E-state index contributed by atoms with van der Waals surface area (Å²) in [6.07, 6.45) is 2.98. The predicted octanol–water partition coefficient (Wildman–Crippen LogP) is 3.16. The van der Waals surface area contributed by atoms with Crippen LogP contribution in [0.5, 0.6) is 11.5 Å². The Morgan fingerprint density at radius 3 is 2.52 bits per heavy atom. The van der Waals surface area contributed by atoms with Crippen LogP contribution in [0.4, 0.5) is 0 Å². The maximum atomic E-state index is 12.5. The van der Waals surface area contributed by atoms with Crippen LogP contribution in [0.15, 0.2) is 77.7 Å². The molecular weight excluding hydrogens is 340 g/mol. The second-order valence-electron chi connectivity index (χ2n) is 6.57. The fraction of sp³-hybridized carbons (Fsp3) is 0.227. The van der Waals surface area contributed by atoms with Crippen LogP contribution in [0, 0.1) is 0 Å². The molecule has 5 heteroatoms. The Hall–Kier alpha value is -3.05. The lowest BCUT2D eigenvalue weighted by molar-refractivity contribution is 0.223. The van der Waals surface area contributed by atoms with E-state index >= 15 is 0 Å². The first kappa shape index (κ1) is 17.4. The van der Waals surface area contributed by atoms with Gasteiger partial charge in [0.05, 0.1) is 0 Å². The minimum atomic E-state index is -0.130. The Bertz CT molecular complexity index is 930. The van der Waals surface area contributed by atoms with Crippen molar-refractivity contribution in [2.75, 3.05) is 13.1 Å². The number of hydrogen-bond donors (Lipinski definition) is 1. The molecule has 0 aliphatic carbocycles. The molecule has 0 radical (unpaired) electrons. The van der Waals surface area contributed by atoms with Gasteiger partial charge in [-0.3, -0.25) is 9.36 Å². The summed E-state index contributed by atoms with van der Waals surface area (Å²) in [5.41, 5.74) is 1.73. The molecule has 0 saturated carbocycles. The fourth-order valence-corrected chi connectivity index (χ4v) is 3.11. The molecule has 0 bridgehead atoms. The molecule has 1 atom stereocenters. The molecule has 1 saturated heterocycles. The van der Waals surface area contributed by atoms with Gasteiger partial charge >= 0.3 is 0 Å². The molecule has 2 aromatic carbocycles. The highest BCUT2D eigenvalue weighted by Gasteiger charge is 2.15. The van der Waals surface area contributed by atoms with E-state index in [1.807, 2.05) is 54.6 Å². The summed E-state index contributed by atoms with van der Waals surface area (Å²) >= 11 is 0. The van der Waals surface area contributed by atoms with E-state index in [4.69, 9.17) is 9.47 Å². The third kappa shape index (κ3) is 4.38. The molecule has 1 aliphatic heterocycles. The SMILES string of the molecule is O=c1cc(OCc2ccccc2)ccn1-c1ccc(OC2CCNC2)cc1. The van der Waals surface area contributed by atoms with E-state index in [1.165, 1.54) is 6.07 Å². The van der Waals surface area contributed by atoms with Crippen LogP contribution in [0.25, 0.3) is 5.69 Å². The molecule has 5 nitrogen and oxygen atoms in total. The van der Waals surface area contributed by atoms with Crippen molar-refractivity contribution in [2.24, 2.45) is 0 Å². The molecule has 27 heavy (non-hydrogen) atoms. The van der Waals surface area contributed by atoms with E-state index < -0.39 is 0 Å². The van der Waals surface area contributed by atoms with Gasteiger partial charge in [-0.05, 0) is 48.9 Å². The molecule has 2 heterocycles. The zero-order valence-corrected chi connectivity index (χ0v) is 15.0. The first-order valence-corrected chi connectivity index (χ1v) is 9.15. The van der Waals surface area contributed by atoms with Gasteiger partial charge in [0.15, 0.2) is 0 Å². The smallest absolute Gasteiger partial charge is 0.258 e. The molecule has 1 unspecified atom stereocenters. The van der Waals surface area contributed by atoms with Crippen molar-refractivity contribution < 1.29 is 9.47 Å². The van der Waals surface area contributed by atoms with E-state index in [2.05, 4.69) is 5.32 Å². The lowest BCUT2D eigenvalue weighted by atomic mass is 10.2. The molecule has 0 spiro atoms. The molecule has 3 aromatic rings. The van der Waals surface area contributed by atoms with Crippen LogP contribution < -0.4 is 20.3 Å². The summed E-state index contributed by atoms with van der Waals surface area (Å²) < 4.78 is 13.2. The zero-order valence-electron chi connectivity index (χ0n) is 15.0. The van der Waals surface area contributed by atoms with Crippen LogP contribution in [0.1, 0.15) is 12.0 Å². The van der Waals surface area contributed by atoms with Crippen molar-refractivity contribution in [2.45, 2.75) is 19.1 Å². The van der Waals surface area contributed by atoms with Crippen molar-refractivity contribution in [1.82, 2.24) is 9.88 Å². The highest BCUT2D eigenvalue weighted by atomic mass is 16.5. The molecule has 0 amide bonds. The number of ether oxygens (including phenoxy) is 2. The summed E-state index contributed by atoms with van der Waals surface area (Å²) in [7, 11) is 0. The van der Waals surface area contributed by atoms with Gasteiger partial charge in [-0.25, -0.2) is 0 Å². The minimum absolute atomic E-state index is 0.130. The topological polar surface area (TPSA) is 52.5 Å². The Kier molecular flexibility index (Phi) is 5.21. The van der Waals surface area contributed by atoms with Gasteiger partial charge in [-0.2, -0.15) is 0 Å². The first-order valence-electron chi connectivity index (χ1n) is 9.15. The maximum Gasteiger partial charge on any atom is 0.258 e. The summed E-state index contributed by atoms with van der Waals surface area (Å²) in [4.78, 5) is 12.5. The Morgan fingerprint density at radius 1 is 1.00 bits per heavy atom. The number of hydrogen-bond acceptors (Lipinski definition) is 4. The monoisotopic (exact) mass is 362 g/mol. The molecule has 1 aromatic heterocycles. The van der Waals surface area contributed by atoms with Crippen LogP contribution >= 0.6 is 0 Å².